The summed E-state index contributed by atoms with van der Waals surface area (Å²) in [6.07, 6.45) is 1.04. The molecular weight excluding hydrogens is 366 g/mol. The number of hydrogen-bond donors (Lipinski definition) is 1. The highest BCUT2D eigenvalue weighted by molar-refractivity contribution is 6.32. The van der Waals surface area contributed by atoms with Gasteiger partial charge in [-0.2, -0.15) is 17.6 Å². The van der Waals surface area contributed by atoms with Crippen molar-refractivity contribution in [2.24, 2.45) is 5.92 Å². The Hall–Kier alpha value is -2.35. The molecule has 2 unspecified atom stereocenters. The summed E-state index contributed by atoms with van der Waals surface area (Å²) >= 11 is 5.87. The molecule has 2 amide bonds. The summed E-state index contributed by atoms with van der Waals surface area (Å²) in [5, 5.41) is 1.64. The van der Waals surface area contributed by atoms with Crippen molar-refractivity contribution in [2.75, 3.05) is 0 Å². The Kier molecular flexibility index (Phi) is 2.99. The van der Waals surface area contributed by atoms with E-state index in [4.69, 9.17) is 11.6 Å². The van der Waals surface area contributed by atoms with Crippen LogP contribution in [0.1, 0.15) is 11.1 Å². The van der Waals surface area contributed by atoms with Crippen molar-refractivity contribution in [1.29, 1.82) is 0 Å². The van der Waals surface area contributed by atoms with E-state index in [0.29, 0.717) is 0 Å². The Labute approximate surface area is 143 Å². The monoisotopic (exact) mass is 373 g/mol. The normalized spacial score (nSPS) is 30.7. The second-order valence-corrected chi connectivity index (χ2v) is 6.34. The Morgan fingerprint density at radius 1 is 1.12 bits per heavy atom. The molecule has 130 valence electrons. The largest absolute Gasteiger partial charge is 0.469 e. The van der Waals surface area contributed by atoms with Gasteiger partial charge in [-0.3, -0.25) is 14.9 Å². The number of carbonyl (C=O) groups excluding carboxylic acids is 2. The zero-order valence-electron chi connectivity index (χ0n) is 12.2. The maximum atomic E-state index is 14.0. The lowest BCUT2D eigenvalue weighted by Crippen LogP contribution is -2.39. The molecule has 0 spiro atoms. The smallest absolute Gasteiger partial charge is 0.426 e. The SMILES string of the molecule is O=C1NC(=O)C2(c3cc(Cl)c4c(c3)C(F)(F)C(F)(F)O4)C=CC=CC12. The van der Waals surface area contributed by atoms with Crippen molar-refractivity contribution < 1.29 is 31.9 Å². The van der Waals surface area contributed by atoms with E-state index in [9.17, 15) is 27.2 Å². The molecule has 9 heteroatoms. The second-order valence-electron chi connectivity index (χ2n) is 5.94. The van der Waals surface area contributed by atoms with E-state index in [0.717, 1.165) is 12.1 Å². The number of ether oxygens (including phenoxy) is 1. The molecular formula is C16H8ClF4NO3. The topological polar surface area (TPSA) is 55.4 Å². The molecule has 1 aromatic carbocycles. The van der Waals surface area contributed by atoms with Crippen LogP contribution in [0.3, 0.4) is 0 Å². The van der Waals surface area contributed by atoms with E-state index in [2.05, 4.69) is 10.1 Å². The van der Waals surface area contributed by atoms with Crippen LogP contribution in [0.25, 0.3) is 0 Å². The summed E-state index contributed by atoms with van der Waals surface area (Å²) in [5.41, 5.74) is -2.84. The minimum absolute atomic E-state index is 0.0915. The molecule has 1 N–H and O–H groups in total. The second kappa shape index (κ2) is 4.63. The van der Waals surface area contributed by atoms with Gasteiger partial charge in [0, 0.05) is 0 Å². The van der Waals surface area contributed by atoms with E-state index in [-0.39, 0.29) is 5.56 Å². The molecule has 25 heavy (non-hydrogen) atoms. The summed E-state index contributed by atoms with van der Waals surface area (Å²) in [6, 6.07) is 1.84. The molecule has 3 aliphatic rings. The number of allylic oxidation sites excluding steroid dienone is 2. The molecule has 0 aromatic heterocycles. The van der Waals surface area contributed by atoms with Crippen LogP contribution in [0, 0.1) is 5.92 Å². The molecule has 2 heterocycles. The van der Waals surface area contributed by atoms with Crippen LogP contribution in [0.2, 0.25) is 5.02 Å². The third-order valence-electron chi connectivity index (χ3n) is 4.61. The minimum atomic E-state index is -4.76. The van der Waals surface area contributed by atoms with Gasteiger partial charge in [0.1, 0.15) is 5.41 Å². The van der Waals surface area contributed by atoms with Crippen LogP contribution in [0.5, 0.6) is 5.75 Å². The van der Waals surface area contributed by atoms with Gasteiger partial charge in [0.15, 0.2) is 5.75 Å². The lowest BCUT2D eigenvalue weighted by molar-refractivity contribution is -0.296. The maximum Gasteiger partial charge on any atom is 0.469 e. The van der Waals surface area contributed by atoms with Gasteiger partial charge in [0.2, 0.25) is 11.8 Å². The van der Waals surface area contributed by atoms with Crippen molar-refractivity contribution >= 4 is 23.4 Å². The number of rotatable bonds is 1. The fourth-order valence-electron chi connectivity index (χ4n) is 3.37. The third kappa shape index (κ3) is 1.83. The Morgan fingerprint density at radius 2 is 1.84 bits per heavy atom. The van der Waals surface area contributed by atoms with Gasteiger partial charge in [-0.15, -0.1) is 0 Å². The van der Waals surface area contributed by atoms with Crippen LogP contribution in [0.4, 0.5) is 17.6 Å². The van der Waals surface area contributed by atoms with Crippen LogP contribution < -0.4 is 10.1 Å². The van der Waals surface area contributed by atoms with E-state index in [1.807, 2.05) is 0 Å². The molecule has 0 bridgehead atoms. The predicted octanol–water partition coefficient (Wildman–Crippen LogP) is 3.05. The number of benzene rings is 1. The van der Waals surface area contributed by atoms with E-state index in [1.54, 1.807) is 0 Å². The average Bonchev–Trinajstić information content (AvgIpc) is 2.90. The van der Waals surface area contributed by atoms with Gasteiger partial charge in [0.25, 0.3) is 0 Å². The van der Waals surface area contributed by atoms with Crippen LogP contribution in [0.15, 0.2) is 36.4 Å². The van der Waals surface area contributed by atoms with Crippen LogP contribution >= 0.6 is 11.6 Å². The zero-order chi connectivity index (χ0) is 18.2. The highest BCUT2D eigenvalue weighted by Gasteiger charge is 2.67. The van der Waals surface area contributed by atoms with Gasteiger partial charge in [-0.1, -0.05) is 35.9 Å². The summed E-state index contributed by atoms with van der Waals surface area (Å²) in [6.45, 7) is 0. The fraction of sp³-hybridized carbons (Fsp3) is 0.250. The van der Waals surface area contributed by atoms with Crippen molar-refractivity contribution in [3.63, 3.8) is 0 Å². The molecule has 1 aromatic rings. The molecule has 1 aliphatic carbocycles. The number of halogens is 5. The first-order chi connectivity index (χ1) is 11.6. The first-order valence-electron chi connectivity index (χ1n) is 7.12. The van der Waals surface area contributed by atoms with E-state index in [1.165, 1.54) is 24.3 Å². The zero-order valence-corrected chi connectivity index (χ0v) is 12.9. The highest BCUT2D eigenvalue weighted by Crippen LogP contribution is 2.57. The molecule has 1 fully saturated rings. The number of carbonyl (C=O) groups is 2. The molecule has 0 saturated carbocycles. The number of imide groups is 1. The first kappa shape index (κ1) is 16.1. The number of amides is 2. The fourth-order valence-corrected chi connectivity index (χ4v) is 3.63. The van der Waals surface area contributed by atoms with Crippen molar-refractivity contribution in [3.8, 4) is 5.75 Å². The van der Waals surface area contributed by atoms with Crippen molar-refractivity contribution in [1.82, 2.24) is 5.32 Å². The summed E-state index contributed by atoms with van der Waals surface area (Å²) < 4.78 is 59.0. The lowest BCUT2D eigenvalue weighted by Gasteiger charge is -2.29. The number of alkyl halides is 4. The summed E-state index contributed by atoms with van der Waals surface area (Å²) in [5.74, 6) is -7.81. The Balaban J connectivity index is 1.96. The Bertz CT molecular complexity index is 896. The van der Waals surface area contributed by atoms with Crippen LogP contribution in [-0.2, 0) is 20.9 Å². The first-order valence-corrected chi connectivity index (χ1v) is 7.49. The van der Waals surface area contributed by atoms with Gasteiger partial charge in [-0.25, -0.2) is 0 Å². The molecule has 2 atom stereocenters. The number of nitrogens with one attached hydrogen (secondary N) is 1. The van der Waals surface area contributed by atoms with Gasteiger partial charge in [-0.05, 0) is 17.7 Å². The summed E-state index contributed by atoms with van der Waals surface area (Å²) in [7, 11) is 0. The molecule has 1 saturated heterocycles. The lowest BCUT2D eigenvalue weighted by atomic mass is 9.69. The molecule has 4 nitrogen and oxygen atoms in total. The highest BCUT2D eigenvalue weighted by atomic mass is 35.5. The average molecular weight is 374 g/mol. The van der Waals surface area contributed by atoms with Crippen LogP contribution in [-0.4, -0.2) is 17.9 Å². The minimum Gasteiger partial charge on any atom is -0.426 e. The van der Waals surface area contributed by atoms with Gasteiger partial charge >= 0.3 is 12.0 Å². The van der Waals surface area contributed by atoms with E-state index >= 15 is 0 Å². The summed E-state index contributed by atoms with van der Waals surface area (Å²) in [4.78, 5) is 24.4. The predicted molar refractivity (Wildman–Crippen MR) is 77.5 cm³/mol. The number of hydrogen-bond acceptors (Lipinski definition) is 3. The number of fused-ring (bicyclic) bond motifs is 2. The van der Waals surface area contributed by atoms with Gasteiger partial charge < -0.3 is 4.74 Å². The maximum absolute atomic E-state index is 14.0. The van der Waals surface area contributed by atoms with Crippen molar-refractivity contribution in [3.05, 3.63) is 52.6 Å². The Morgan fingerprint density at radius 3 is 2.56 bits per heavy atom. The molecule has 4 rings (SSSR count). The molecule has 2 aliphatic heterocycles. The van der Waals surface area contributed by atoms with Crippen molar-refractivity contribution in [2.45, 2.75) is 17.4 Å². The molecule has 0 radical (unpaired) electrons. The standard InChI is InChI=1S/C16H8ClF4NO3/c17-10-6-7(5-9-11(10)25-16(20,21)15(9,18)19)14-4-2-1-3-8(14)12(23)22-13(14)24/h1-6,8H,(H,22,23,24). The third-order valence-corrected chi connectivity index (χ3v) is 4.90. The van der Waals surface area contributed by atoms with Gasteiger partial charge in [0.05, 0.1) is 16.5 Å². The van der Waals surface area contributed by atoms with E-state index < -0.39 is 51.5 Å². The quantitative estimate of drug-likeness (QED) is 0.608.